The molecule has 0 aliphatic carbocycles. The monoisotopic (exact) mass is 346 g/mol. The lowest BCUT2D eigenvalue weighted by Crippen LogP contribution is -2.27. The van der Waals surface area contributed by atoms with Crippen molar-refractivity contribution in [3.63, 3.8) is 0 Å². The van der Waals surface area contributed by atoms with E-state index in [0.29, 0.717) is 9.83 Å². The van der Waals surface area contributed by atoms with E-state index in [2.05, 4.69) is 26.2 Å². The molecular weight excluding hydrogens is 335 g/mol. The van der Waals surface area contributed by atoms with Gasteiger partial charge in [0.25, 0.3) is 0 Å². The highest BCUT2D eigenvalue weighted by molar-refractivity contribution is 9.10. The van der Waals surface area contributed by atoms with Crippen LogP contribution in [0.3, 0.4) is 0 Å². The summed E-state index contributed by atoms with van der Waals surface area (Å²) in [6, 6.07) is 2.93. The topological polar surface area (TPSA) is 51.2 Å². The first-order chi connectivity index (χ1) is 8.76. The summed E-state index contributed by atoms with van der Waals surface area (Å²) >= 11 is 4.50. The van der Waals surface area contributed by atoms with Crippen LogP contribution < -0.4 is 5.32 Å². The standard InChI is InChI=1S/C12H12BrFN2O2S/c1-12(2,3)18-11(17)16-10-15-8-7(14)5-4-6(13)9(8)19-10/h4-5H,1-3H3,(H,15,16,17). The van der Waals surface area contributed by atoms with Crippen LogP contribution in [0.2, 0.25) is 0 Å². The molecule has 0 saturated heterocycles. The molecule has 0 bridgehead atoms. The van der Waals surface area contributed by atoms with Crippen molar-refractivity contribution in [2.45, 2.75) is 26.4 Å². The Morgan fingerprint density at radius 1 is 1.47 bits per heavy atom. The average molecular weight is 347 g/mol. The number of thiazole rings is 1. The average Bonchev–Trinajstić information content (AvgIpc) is 2.65. The number of carbonyl (C=O) groups excluding carboxylic acids is 1. The Morgan fingerprint density at radius 3 is 2.74 bits per heavy atom. The number of ether oxygens (including phenoxy) is 1. The number of amides is 1. The van der Waals surface area contributed by atoms with Crippen LogP contribution in [-0.4, -0.2) is 16.7 Å². The molecule has 4 nitrogen and oxygen atoms in total. The van der Waals surface area contributed by atoms with Crippen molar-refractivity contribution in [1.82, 2.24) is 4.98 Å². The van der Waals surface area contributed by atoms with Crippen molar-refractivity contribution in [2.75, 3.05) is 5.32 Å². The van der Waals surface area contributed by atoms with Gasteiger partial charge in [0, 0.05) is 4.47 Å². The first kappa shape index (κ1) is 14.2. The molecule has 2 aromatic rings. The van der Waals surface area contributed by atoms with Crippen LogP contribution in [0.1, 0.15) is 20.8 Å². The Balaban J connectivity index is 2.25. The molecule has 0 unspecified atom stereocenters. The Labute approximate surface area is 122 Å². The van der Waals surface area contributed by atoms with Gasteiger partial charge in [0.05, 0.1) is 4.70 Å². The number of hydrogen-bond donors (Lipinski definition) is 1. The third-order valence-corrected chi connectivity index (χ3v) is 3.98. The van der Waals surface area contributed by atoms with Gasteiger partial charge in [-0.1, -0.05) is 11.3 Å². The Hall–Kier alpha value is -1.21. The summed E-state index contributed by atoms with van der Waals surface area (Å²) in [6.07, 6.45) is -0.608. The first-order valence-corrected chi connectivity index (χ1v) is 7.12. The van der Waals surface area contributed by atoms with Gasteiger partial charge in [-0.2, -0.15) is 0 Å². The summed E-state index contributed by atoms with van der Waals surface area (Å²) < 4.78 is 20.1. The van der Waals surface area contributed by atoms with E-state index >= 15 is 0 Å². The van der Waals surface area contributed by atoms with Gasteiger partial charge < -0.3 is 4.74 Å². The maximum absolute atomic E-state index is 13.6. The second-order valence-electron chi connectivity index (χ2n) is 4.85. The Kier molecular flexibility index (Phi) is 3.78. The molecule has 0 fully saturated rings. The van der Waals surface area contributed by atoms with Crippen LogP contribution >= 0.6 is 27.3 Å². The second kappa shape index (κ2) is 5.05. The number of anilines is 1. The summed E-state index contributed by atoms with van der Waals surface area (Å²) in [5.41, 5.74) is -0.363. The maximum atomic E-state index is 13.6. The molecule has 2 rings (SSSR count). The number of carbonyl (C=O) groups is 1. The van der Waals surface area contributed by atoms with Crippen molar-refractivity contribution in [2.24, 2.45) is 0 Å². The van der Waals surface area contributed by atoms with Gasteiger partial charge in [0.15, 0.2) is 5.13 Å². The fourth-order valence-corrected chi connectivity index (χ4v) is 2.82. The van der Waals surface area contributed by atoms with Crippen LogP contribution in [-0.2, 0) is 4.74 Å². The van der Waals surface area contributed by atoms with Gasteiger partial charge in [-0.15, -0.1) is 0 Å². The smallest absolute Gasteiger partial charge is 0.413 e. The van der Waals surface area contributed by atoms with E-state index in [9.17, 15) is 9.18 Å². The van der Waals surface area contributed by atoms with Crippen molar-refractivity contribution in [3.8, 4) is 0 Å². The summed E-state index contributed by atoms with van der Waals surface area (Å²) in [6.45, 7) is 5.30. The summed E-state index contributed by atoms with van der Waals surface area (Å²) in [4.78, 5) is 15.6. The predicted molar refractivity (Wildman–Crippen MR) is 77.1 cm³/mol. The lowest BCUT2D eigenvalue weighted by Gasteiger charge is -2.18. The van der Waals surface area contributed by atoms with Gasteiger partial charge in [-0.05, 0) is 48.8 Å². The third kappa shape index (κ3) is 3.42. The molecule has 0 spiro atoms. The SMILES string of the molecule is CC(C)(C)OC(=O)Nc1nc2c(F)ccc(Br)c2s1. The van der Waals surface area contributed by atoms with Crippen molar-refractivity contribution < 1.29 is 13.9 Å². The zero-order valence-corrected chi connectivity index (χ0v) is 13.0. The van der Waals surface area contributed by atoms with Gasteiger partial charge >= 0.3 is 6.09 Å². The molecule has 19 heavy (non-hydrogen) atoms. The fraction of sp³-hybridized carbons (Fsp3) is 0.333. The summed E-state index contributed by atoms with van der Waals surface area (Å²) in [5, 5.41) is 2.80. The number of rotatable bonds is 1. The lowest BCUT2D eigenvalue weighted by atomic mass is 10.2. The molecule has 0 atom stereocenters. The minimum Gasteiger partial charge on any atom is -0.444 e. The number of nitrogens with one attached hydrogen (secondary N) is 1. The van der Waals surface area contributed by atoms with Crippen LogP contribution in [0.15, 0.2) is 16.6 Å². The lowest BCUT2D eigenvalue weighted by molar-refractivity contribution is 0.0636. The molecule has 0 radical (unpaired) electrons. The number of aromatic nitrogens is 1. The second-order valence-corrected chi connectivity index (χ2v) is 6.71. The number of halogens is 2. The molecule has 1 aromatic heterocycles. The predicted octanol–water partition coefficient (Wildman–Crippen LogP) is 4.54. The van der Waals surface area contributed by atoms with E-state index in [4.69, 9.17) is 4.74 Å². The first-order valence-electron chi connectivity index (χ1n) is 5.51. The third-order valence-electron chi connectivity index (χ3n) is 2.05. The van der Waals surface area contributed by atoms with Crippen LogP contribution in [0.5, 0.6) is 0 Å². The quantitative estimate of drug-likeness (QED) is 0.824. The molecule has 1 aromatic carbocycles. The highest BCUT2D eigenvalue weighted by atomic mass is 79.9. The van der Waals surface area contributed by atoms with Crippen molar-refractivity contribution in [3.05, 3.63) is 22.4 Å². The molecule has 1 amide bonds. The summed E-state index contributed by atoms with van der Waals surface area (Å²) in [5.74, 6) is -0.424. The van der Waals surface area contributed by atoms with E-state index in [1.54, 1.807) is 26.8 Å². The number of nitrogens with zero attached hydrogens (tertiary/aromatic N) is 1. The van der Waals surface area contributed by atoms with Crippen LogP contribution in [0.4, 0.5) is 14.3 Å². The minimum atomic E-state index is -0.608. The molecule has 0 aliphatic heterocycles. The molecule has 7 heteroatoms. The van der Waals surface area contributed by atoms with Gasteiger partial charge in [-0.25, -0.2) is 14.2 Å². The van der Waals surface area contributed by atoms with E-state index < -0.39 is 17.5 Å². The highest BCUT2D eigenvalue weighted by Gasteiger charge is 2.18. The van der Waals surface area contributed by atoms with E-state index in [1.807, 2.05) is 0 Å². The van der Waals surface area contributed by atoms with Gasteiger partial charge in [0.2, 0.25) is 0 Å². The summed E-state index contributed by atoms with van der Waals surface area (Å²) in [7, 11) is 0. The van der Waals surface area contributed by atoms with Crippen molar-refractivity contribution >= 4 is 48.7 Å². The van der Waals surface area contributed by atoms with Gasteiger partial charge in [-0.3, -0.25) is 5.32 Å². The maximum Gasteiger partial charge on any atom is 0.413 e. The number of hydrogen-bond acceptors (Lipinski definition) is 4. The molecular formula is C12H12BrFN2O2S. The normalized spacial score (nSPS) is 11.6. The minimum absolute atomic E-state index is 0.227. The number of fused-ring (bicyclic) bond motifs is 1. The van der Waals surface area contributed by atoms with E-state index in [0.717, 1.165) is 4.47 Å². The van der Waals surface area contributed by atoms with E-state index in [-0.39, 0.29) is 5.52 Å². The molecule has 1 N–H and O–H groups in total. The molecule has 0 aliphatic rings. The van der Waals surface area contributed by atoms with Crippen LogP contribution in [0, 0.1) is 5.82 Å². The Morgan fingerprint density at radius 2 is 2.16 bits per heavy atom. The highest BCUT2D eigenvalue weighted by Crippen LogP contribution is 2.33. The Bertz CT molecular complexity index is 597. The molecule has 102 valence electrons. The largest absolute Gasteiger partial charge is 0.444 e. The number of benzene rings is 1. The van der Waals surface area contributed by atoms with Gasteiger partial charge in [0.1, 0.15) is 16.9 Å². The molecule has 0 saturated carbocycles. The molecule has 1 heterocycles. The van der Waals surface area contributed by atoms with Crippen molar-refractivity contribution in [1.29, 1.82) is 0 Å². The van der Waals surface area contributed by atoms with Crippen LogP contribution in [0.25, 0.3) is 10.2 Å². The zero-order valence-electron chi connectivity index (χ0n) is 10.6. The van der Waals surface area contributed by atoms with E-state index in [1.165, 1.54) is 17.4 Å². The fourth-order valence-electron chi connectivity index (χ4n) is 1.39. The zero-order chi connectivity index (χ0) is 14.2.